The fourth-order valence-corrected chi connectivity index (χ4v) is 3.54. The molecule has 3 heterocycles. The molecule has 0 saturated carbocycles. The van der Waals surface area contributed by atoms with E-state index in [1.54, 1.807) is 29.4 Å². The molecule has 2 saturated heterocycles. The van der Waals surface area contributed by atoms with Crippen molar-refractivity contribution in [3.63, 3.8) is 0 Å². The summed E-state index contributed by atoms with van der Waals surface area (Å²) in [4.78, 5) is 32.8. The molecule has 0 bridgehead atoms. The molecule has 2 aliphatic rings. The molecule has 0 spiro atoms. The van der Waals surface area contributed by atoms with Crippen LogP contribution in [-0.2, 0) is 4.79 Å². The molecule has 1 aromatic carbocycles. The van der Waals surface area contributed by atoms with Crippen molar-refractivity contribution in [2.24, 2.45) is 11.8 Å². The molecule has 5 nitrogen and oxygen atoms in total. The first kappa shape index (κ1) is 13.9. The van der Waals surface area contributed by atoms with Crippen molar-refractivity contribution in [3.05, 3.63) is 60.4 Å². The van der Waals surface area contributed by atoms with E-state index in [0.717, 1.165) is 5.69 Å². The van der Waals surface area contributed by atoms with Crippen LogP contribution in [0.25, 0.3) is 0 Å². The highest BCUT2D eigenvalue weighted by atomic mass is 16.2. The van der Waals surface area contributed by atoms with Gasteiger partial charge < -0.3 is 9.80 Å². The first-order valence-corrected chi connectivity index (χ1v) is 7.80. The van der Waals surface area contributed by atoms with Gasteiger partial charge in [-0.1, -0.05) is 18.2 Å². The van der Waals surface area contributed by atoms with Crippen LogP contribution < -0.4 is 4.90 Å². The summed E-state index contributed by atoms with van der Waals surface area (Å²) < 4.78 is 0. The number of aromatic nitrogens is 1. The van der Waals surface area contributed by atoms with Gasteiger partial charge in [-0.05, 0) is 24.3 Å². The van der Waals surface area contributed by atoms with Gasteiger partial charge in [-0.25, -0.2) is 0 Å². The number of rotatable bonds is 2. The van der Waals surface area contributed by atoms with Gasteiger partial charge in [0.25, 0.3) is 5.91 Å². The zero-order chi connectivity index (χ0) is 15.8. The molecular weight excluding hydrogens is 290 g/mol. The van der Waals surface area contributed by atoms with E-state index >= 15 is 0 Å². The van der Waals surface area contributed by atoms with Crippen LogP contribution in [0.4, 0.5) is 5.69 Å². The molecular formula is C18H17N3O2. The fraction of sp³-hybridized carbons (Fsp3) is 0.278. The van der Waals surface area contributed by atoms with Crippen LogP contribution in [0.15, 0.2) is 54.9 Å². The van der Waals surface area contributed by atoms with E-state index in [4.69, 9.17) is 0 Å². The highest BCUT2D eigenvalue weighted by Gasteiger charge is 2.47. The highest BCUT2D eigenvalue weighted by molar-refractivity contribution is 6.00. The average molecular weight is 307 g/mol. The second kappa shape index (κ2) is 5.50. The monoisotopic (exact) mass is 307 g/mol. The standard InChI is InChI=1S/C18H17N3O2/c22-17(13-6-8-19-9-7-13)20-10-14-11-21(18(23)16(14)12-20)15-4-2-1-3-5-15/h1-9,14,16H,10-12H2/t14-,16+/m0/s1. The Hall–Kier alpha value is -2.69. The van der Waals surface area contributed by atoms with Crippen molar-refractivity contribution in [2.45, 2.75) is 0 Å². The van der Waals surface area contributed by atoms with Gasteiger partial charge in [-0.15, -0.1) is 0 Å². The molecule has 2 atom stereocenters. The molecule has 23 heavy (non-hydrogen) atoms. The third-order valence-corrected chi connectivity index (χ3v) is 4.72. The maximum atomic E-state index is 12.7. The summed E-state index contributed by atoms with van der Waals surface area (Å²) >= 11 is 0. The van der Waals surface area contributed by atoms with Gasteiger partial charge in [0.05, 0.1) is 5.92 Å². The number of anilines is 1. The Kier molecular flexibility index (Phi) is 3.33. The van der Waals surface area contributed by atoms with Crippen molar-refractivity contribution in [3.8, 4) is 0 Å². The van der Waals surface area contributed by atoms with Crippen LogP contribution in [0.2, 0.25) is 0 Å². The summed E-state index contributed by atoms with van der Waals surface area (Å²) in [6, 6.07) is 13.2. The lowest BCUT2D eigenvalue weighted by molar-refractivity contribution is -0.120. The zero-order valence-electron chi connectivity index (χ0n) is 12.6. The second-order valence-corrected chi connectivity index (χ2v) is 6.10. The van der Waals surface area contributed by atoms with E-state index < -0.39 is 0 Å². The number of amides is 2. The Bertz CT molecular complexity index is 732. The number of para-hydroxylation sites is 1. The van der Waals surface area contributed by atoms with Crippen LogP contribution in [0, 0.1) is 11.8 Å². The van der Waals surface area contributed by atoms with Crippen molar-refractivity contribution < 1.29 is 9.59 Å². The summed E-state index contributed by atoms with van der Waals surface area (Å²) in [6.45, 7) is 1.84. The van der Waals surface area contributed by atoms with Gasteiger partial charge in [-0.3, -0.25) is 14.6 Å². The molecule has 116 valence electrons. The predicted octanol–water partition coefficient (Wildman–Crippen LogP) is 1.82. The van der Waals surface area contributed by atoms with Crippen LogP contribution >= 0.6 is 0 Å². The molecule has 2 aromatic rings. The Labute approximate surface area is 134 Å². The van der Waals surface area contributed by atoms with E-state index in [-0.39, 0.29) is 23.7 Å². The maximum Gasteiger partial charge on any atom is 0.253 e. The summed E-state index contributed by atoms with van der Waals surface area (Å²) in [6.07, 6.45) is 3.23. The number of carbonyl (C=O) groups is 2. The summed E-state index contributed by atoms with van der Waals surface area (Å²) in [7, 11) is 0. The minimum atomic E-state index is -0.0824. The molecule has 0 N–H and O–H groups in total. The second-order valence-electron chi connectivity index (χ2n) is 6.10. The van der Waals surface area contributed by atoms with Crippen molar-refractivity contribution in [2.75, 3.05) is 24.5 Å². The third-order valence-electron chi connectivity index (χ3n) is 4.72. The number of fused-ring (bicyclic) bond motifs is 1. The lowest BCUT2D eigenvalue weighted by Crippen LogP contribution is -2.35. The minimum absolute atomic E-state index is 0.0131. The largest absolute Gasteiger partial charge is 0.337 e. The molecule has 0 unspecified atom stereocenters. The van der Waals surface area contributed by atoms with Crippen LogP contribution in [0.1, 0.15) is 10.4 Å². The number of carbonyl (C=O) groups excluding carboxylic acids is 2. The summed E-state index contributed by atoms with van der Waals surface area (Å²) in [5.74, 6) is 0.251. The molecule has 2 aliphatic heterocycles. The smallest absolute Gasteiger partial charge is 0.253 e. The normalized spacial score (nSPS) is 23.2. The molecule has 5 heteroatoms. The third kappa shape index (κ3) is 2.38. The minimum Gasteiger partial charge on any atom is -0.337 e. The maximum absolute atomic E-state index is 12.7. The van der Waals surface area contributed by atoms with E-state index in [1.807, 2.05) is 35.2 Å². The quantitative estimate of drug-likeness (QED) is 0.850. The van der Waals surface area contributed by atoms with Gasteiger partial charge in [0.2, 0.25) is 5.91 Å². The van der Waals surface area contributed by atoms with Crippen molar-refractivity contribution in [1.82, 2.24) is 9.88 Å². The topological polar surface area (TPSA) is 53.5 Å². The summed E-state index contributed by atoms with van der Waals surface area (Å²) in [5.41, 5.74) is 1.58. The predicted molar refractivity (Wildman–Crippen MR) is 85.9 cm³/mol. The number of pyridine rings is 1. The summed E-state index contributed by atoms with van der Waals surface area (Å²) in [5, 5.41) is 0. The first-order valence-electron chi connectivity index (χ1n) is 7.80. The Morgan fingerprint density at radius 1 is 1.00 bits per heavy atom. The lowest BCUT2D eigenvalue weighted by Gasteiger charge is -2.22. The molecule has 0 aliphatic carbocycles. The number of likely N-dealkylation sites (tertiary alicyclic amines) is 1. The molecule has 1 aromatic heterocycles. The van der Waals surface area contributed by atoms with Crippen molar-refractivity contribution >= 4 is 17.5 Å². The van der Waals surface area contributed by atoms with E-state index in [9.17, 15) is 9.59 Å². The van der Waals surface area contributed by atoms with Crippen molar-refractivity contribution in [1.29, 1.82) is 0 Å². The van der Waals surface area contributed by atoms with E-state index in [2.05, 4.69) is 4.98 Å². The van der Waals surface area contributed by atoms with Gasteiger partial charge in [-0.2, -0.15) is 0 Å². The number of benzene rings is 1. The average Bonchev–Trinajstić information content (AvgIpc) is 3.16. The lowest BCUT2D eigenvalue weighted by atomic mass is 10.0. The number of nitrogens with zero attached hydrogens (tertiary/aromatic N) is 3. The first-order chi connectivity index (χ1) is 11.2. The molecule has 2 fully saturated rings. The van der Waals surface area contributed by atoms with Crippen LogP contribution in [0.5, 0.6) is 0 Å². The highest BCUT2D eigenvalue weighted by Crippen LogP contribution is 2.35. The molecule has 4 rings (SSSR count). The van der Waals surface area contributed by atoms with Gasteiger partial charge in [0, 0.05) is 49.2 Å². The van der Waals surface area contributed by atoms with Gasteiger partial charge in [0.1, 0.15) is 0 Å². The van der Waals surface area contributed by atoms with E-state index in [1.165, 1.54) is 0 Å². The van der Waals surface area contributed by atoms with Gasteiger partial charge >= 0.3 is 0 Å². The molecule has 0 radical (unpaired) electrons. The fourth-order valence-electron chi connectivity index (χ4n) is 3.54. The van der Waals surface area contributed by atoms with E-state index in [0.29, 0.717) is 25.2 Å². The zero-order valence-corrected chi connectivity index (χ0v) is 12.6. The Balaban J connectivity index is 1.49. The SMILES string of the molecule is O=C(c1ccncc1)N1C[C@H]2CN(c3ccccc3)C(=O)[C@@H]2C1. The molecule has 2 amide bonds. The van der Waals surface area contributed by atoms with Gasteiger partial charge in [0.15, 0.2) is 0 Å². The Morgan fingerprint density at radius 2 is 1.74 bits per heavy atom. The number of hydrogen-bond acceptors (Lipinski definition) is 3. The van der Waals surface area contributed by atoms with Crippen LogP contribution in [-0.4, -0.2) is 41.3 Å². The Morgan fingerprint density at radius 3 is 2.43 bits per heavy atom. The van der Waals surface area contributed by atoms with Crippen LogP contribution in [0.3, 0.4) is 0 Å². The number of hydrogen-bond donors (Lipinski definition) is 0.